The molecule has 0 aliphatic carbocycles. The van der Waals surface area contributed by atoms with Crippen molar-refractivity contribution in [2.45, 2.75) is 25.6 Å². The van der Waals surface area contributed by atoms with Gasteiger partial charge in [-0.05, 0) is 43.3 Å². The highest BCUT2D eigenvalue weighted by molar-refractivity contribution is 6.03. The van der Waals surface area contributed by atoms with E-state index in [1.54, 1.807) is 36.4 Å². The van der Waals surface area contributed by atoms with Gasteiger partial charge in [0.1, 0.15) is 0 Å². The molecule has 8 heteroatoms. The summed E-state index contributed by atoms with van der Waals surface area (Å²) in [5.74, 6) is -0.0639. The summed E-state index contributed by atoms with van der Waals surface area (Å²) in [6, 6.07) is 10.2. The molecule has 0 bridgehead atoms. The summed E-state index contributed by atoms with van der Waals surface area (Å²) in [7, 11) is 0. The Morgan fingerprint density at radius 3 is 2.25 bits per heavy atom. The minimum atomic E-state index is -0.429. The van der Waals surface area contributed by atoms with Crippen molar-refractivity contribution in [3.63, 3.8) is 0 Å². The lowest BCUT2D eigenvalue weighted by molar-refractivity contribution is -0.169. The zero-order valence-corrected chi connectivity index (χ0v) is 15.7. The van der Waals surface area contributed by atoms with Gasteiger partial charge in [0.15, 0.2) is 23.1 Å². The zero-order chi connectivity index (χ0) is 19.6. The third-order valence-electron chi connectivity index (χ3n) is 5.10. The second kappa shape index (κ2) is 7.65. The maximum absolute atomic E-state index is 12.4. The predicted octanol–water partition coefficient (Wildman–Crippen LogP) is 2.27. The van der Waals surface area contributed by atoms with E-state index >= 15 is 0 Å². The molecule has 0 radical (unpaired) electrons. The van der Waals surface area contributed by atoms with Crippen LogP contribution < -0.4 is 10.2 Å². The molecule has 1 spiro atoms. The van der Waals surface area contributed by atoms with E-state index in [1.165, 1.54) is 6.92 Å². The number of anilines is 2. The fraction of sp³-hybridized carbons (Fsp3) is 0.400. The first-order valence-corrected chi connectivity index (χ1v) is 9.34. The topological polar surface area (TPSA) is 93.7 Å². The number of nitrogens with one attached hydrogen (secondary N) is 1. The van der Waals surface area contributed by atoms with Crippen molar-refractivity contribution in [3.8, 4) is 0 Å². The Labute approximate surface area is 162 Å². The van der Waals surface area contributed by atoms with E-state index in [0.717, 1.165) is 31.7 Å². The van der Waals surface area contributed by atoms with Crippen LogP contribution in [0.1, 0.15) is 40.6 Å². The molecule has 28 heavy (non-hydrogen) atoms. The standard InChI is InChI=1S/C20H22N4O4/c1-14(25)15-2-4-16(5-3-15)21-19(26)17-6-7-18(23-22-17)24-10-8-20(9-11-24)27-12-13-28-20/h2-7H,8-13H2,1H3,(H,21,26). The van der Waals surface area contributed by atoms with Crippen LogP contribution in [0.5, 0.6) is 0 Å². The molecule has 2 aliphatic heterocycles. The molecule has 1 aromatic carbocycles. The van der Waals surface area contributed by atoms with Crippen LogP contribution in [0.25, 0.3) is 0 Å². The fourth-order valence-electron chi connectivity index (χ4n) is 3.46. The number of nitrogens with zero attached hydrogens (tertiary/aromatic N) is 3. The summed E-state index contributed by atoms with van der Waals surface area (Å²) in [5.41, 5.74) is 1.42. The van der Waals surface area contributed by atoms with Gasteiger partial charge < -0.3 is 19.7 Å². The number of amides is 1. The molecule has 1 N–H and O–H groups in total. The van der Waals surface area contributed by atoms with Gasteiger partial charge in [0.25, 0.3) is 5.91 Å². The summed E-state index contributed by atoms with van der Waals surface area (Å²) in [6.45, 7) is 4.34. The molecule has 0 saturated carbocycles. The minimum Gasteiger partial charge on any atom is -0.355 e. The van der Waals surface area contributed by atoms with E-state index in [4.69, 9.17) is 9.47 Å². The van der Waals surface area contributed by atoms with Crippen molar-refractivity contribution in [3.05, 3.63) is 47.7 Å². The summed E-state index contributed by atoms with van der Waals surface area (Å²) in [6.07, 6.45) is 1.57. The maximum Gasteiger partial charge on any atom is 0.276 e. The summed E-state index contributed by atoms with van der Waals surface area (Å²) < 4.78 is 11.5. The second-order valence-corrected chi connectivity index (χ2v) is 6.96. The quantitative estimate of drug-likeness (QED) is 0.811. The number of ether oxygens (including phenoxy) is 2. The van der Waals surface area contributed by atoms with Crippen molar-refractivity contribution in [1.82, 2.24) is 10.2 Å². The molecule has 0 atom stereocenters. The molecule has 4 rings (SSSR count). The predicted molar refractivity (Wildman–Crippen MR) is 103 cm³/mol. The van der Waals surface area contributed by atoms with Crippen molar-refractivity contribution in [1.29, 1.82) is 0 Å². The SMILES string of the molecule is CC(=O)c1ccc(NC(=O)c2ccc(N3CCC4(CC3)OCCO4)nn2)cc1. The van der Waals surface area contributed by atoms with Gasteiger partial charge in [-0.25, -0.2) is 0 Å². The maximum atomic E-state index is 12.4. The van der Waals surface area contributed by atoms with Gasteiger partial charge in [0.05, 0.1) is 13.2 Å². The highest BCUT2D eigenvalue weighted by Crippen LogP contribution is 2.32. The third kappa shape index (κ3) is 3.88. The molecule has 1 aromatic heterocycles. The molecule has 8 nitrogen and oxygen atoms in total. The van der Waals surface area contributed by atoms with Crippen LogP contribution >= 0.6 is 0 Å². The van der Waals surface area contributed by atoms with Crippen molar-refractivity contribution >= 4 is 23.2 Å². The number of hydrogen-bond donors (Lipinski definition) is 1. The normalized spacial score (nSPS) is 18.2. The number of carbonyl (C=O) groups excluding carboxylic acids is 2. The first kappa shape index (κ1) is 18.5. The van der Waals surface area contributed by atoms with Gasteiger partial charge in [0.2, 0.25) is 0 Å². The Bertz CT molecular complexity index is 851. The smallest absolute Gasteiger partial charge is 0.276 e. The molecule has 2 aromatic rings. The summed E-state index contributed by atoms with van der Waals surface area (Å²) >= 11 is 0. The number of hydrogen-bond acceptors (Lipinski definition) is 7. The Kier molecular flexibility index (Phi) is 5.06. The Hall–Kier alpha value is -2.84. The van der Waals surface area contributed by atoms with Crippen LogP contribution in [-0.4, -0.2) is 54.0 Å². The average Bonchev–Trinajstić information content (AvgIpc) is 3.17. The Morgan fingerprint density at radius 1 is 1.00 bits per heavy atom. The lowest BCUT2D eigenvalue weighted by Gasteiger charge is -2.37. The number of aromatic nitrogens is 2. The van der Waals surface area contributed by atoms with E-state index < -0.39 is 5.79 Å². The number of benzene rings is 1. The van der Waals surface area contributed by atoms with Crippen LogP contribution in [0.3, 0.4) is 0 Å². The molecule has 0 unspecified atom stereocenters. The minimum absolute atomic E-state index is 0.0194. The zero-order valence-electron chi connectivity index (χ0n) is 15.7. The monoisotopic (exact) mass is 382 g/mol. The highest BCUT2D eigenvalue weighted by Gasteiger charge is 2.40. The van der Waals surface area contributed by atoms with Crippen LogP contribution in [0.15, 0.2) is 36.4 Å². The van der Waals surface area contributed by atoms with Gasteiger partial charge in [-0.3, -0.25) is 9.59 Å². The highest BCUT2D eigenvalue weighted by atomic mass is 16.7. The molecule has 1 amide bonds. The Morgan fingerprint density at radius 2 is 1.68 bits per heavy atom. The first-order valence-electron chi connectivity index (χ1n) is 9.34. The first-order chi connectivity index (χ1) is 13.5. The van der Waals surface area contributed by atoms with E-state index in [-0.39, 0.29) is 17.4 Å². The average molecular weight is 382 g/mol. The molecular formula is C20H22N4O4. The van der Waals surface area contributed by atoms with Gasteiger partial charge in [-0.2, -0.15) is 0 Å². The van der Waals surface area contributed by atoms with Crippen LogP contribution in [0.2, 0.25) is 0 Å². The Balaban J connectivity index is 1.36. The number of ketones is 1. The second-order valence-electron chi connectivity index (χ2n) is 6.96. The van der Waals surface area contributed by atoms with Crippen LogP contribution in [0.4, 0.5) is 11.5 Å². The molecule has 146 valence electrons. The molecule has 2 aliphatic rings. The van der Waals surface area contributed by atoms with Gasteiger partial charge in [-0.15, -0.1) is 10.2 Å². The summed E-state index contributed by atoms with van der Waals surface area (Å²) in [4.78, 5) is 25.8. The van der Waals surface area contributed by atoms with E-state index in [0.29, 0.717) is 24.5 Å². The lowest BCUT2D eigenvalue weighted by Crippen LogP contribution is -2.45. The lowest BCUT2D eigenvalue weighted by atomic mass is 10.0. The van der Waals surface area contributed by atoms with Crippen LogP contribution in [-0.2, 0) is 9.47 Å². The number of rotatable bonds is 4. The van der Waals surface area contributed by atoms with Crippen molar-refractivity contribution < 1.29 is 19.1 Å². The van der Waals surface area contributed by atoms with Crippen LogP contribution in [0, 0.1) is 0 Å². The van der Waals surface area contributed by atoms with E-state index in [2.05, 4.69) is 20.4 Å². The van der Waals surface area contributed by atoms with Crippen molar-refractivity contribution in [2.24, 2.45) is 0 Å². The van der Waals surface area contributed by atoms with Gasteiger partial charge in [-0.1, -0.05) is 0 Å². The van der Waals surface area contributed by atoms with E-state index in [1.807, 2.05) is 0 Å². The molecule has 3 heterocycles. The number of piperidine rings is 1. The number of carbonyl (C=O) groups is 2. The molecule has 2 saturated heterocycles. The third-order valence-corrected chi connectivity index (χ3v) is 5.10. The largest absolute Gasteiger partial charge is 0.355 e. The van der Waals surface area contributed by atoms with E-state index in [9.17, 15) is 9.59 Å². The fourth-order valence-corrected chi connectivity index (χ4v) is 3.46. The number of Topliss-reactive ketones (excluding diaryl/α,β-unsaturated/α-hetero) is 1. The molecule has 2 fully saturated rings. The van der Waals surface area contributed by atoms with Gasteiger partial charge >= 0.3 is 0 Å². The van der Waals surface area contributed by atoms with Gasteiger partial charge in [0, 0.05) is 37.2 Å². The molecular weight excluding hydrogens is 360 g/mol. The summed E-state index contributed by atoms with van der Waals surface area (Å²) in [5, 5.41) is 11.0. The van der Waals surface area contributed by atoms with Crippen molar-refractivity contribution in [2.75, 3.05) is 36.5 Å².